The number of aromatic nitrogens is 2. The van der Waals surface area contributed by atoms with Crippen LogP contribution in [-0.4, -0.2) is 27.7 Å². The third-order valence-electron chi connectivity index (χ3n) is 4.43. The van der Waals surface area contributed by atoms with Crippen LogP contribution in [0.5, 0.6) is 0 Å². The maximum atomic E-state index is 13.0. The average molecular weight is 447 g/mol. The summed E-state index contributed by atoms with van der Waals surface area (Å²) in [5.74, 6) is -1.35. The summed E-state index contributed by atoms with van der Waals surface area (Å²) in [6.07, 6.45) is -8.19. The van der Waals surface area contributed by atoms with Gasteiger partial charge < -0.3 is 4.74 Å². The summed E-state index contributed by atoms with van der Waals surface area (Å²) in [5.41, 5.74) is -3.16. The minimum absolute atomic E-state index is 0.0112. The van der Waals surface area contributed by atoms with Crippen molar-refractivity contribution in [2.24, 2.45) is 4.99 Å². The predicted octanol–water partition coefficient (Wildman–Crippen LogP) is 4.38. The Morgan fingerprint density at radius 3 is 2.23 bits per heavy atom. The molecule has 1 atom stereocenters. The van der Waals surface area contributed by atoms with E-state index in [9.17, 15) is 35.9 Å². The van der Waals surface area contributed by atoms with E-state index in [1.807, 2.05) is 0 Å². The molecule has 1 aromatic heterocycles. The van der Waals surface area contributed by atoms with Gasteiger partial charge in [0.1, 0.15) is 12.3 Å². The number of Topliss-reactive ketones (excluding diaryl/α,β-unsaturated/α-hetero) is 1. The molecule has 12 heteroatoms. The molecule has 3 rings (SSSR count). The van der Waals surface area contributed by atoms with E-state index in [2.05, 4.69) is 10.1 Å². The highest BCUT2D eigenvalue weighted by Gasteiger charge is 2.37. The van der Waals surface area contributed by atoms with Gasteiger partial charge in [-0.2, -0.15) is 31.4 Å². The van der Waals surface area contributed by atoms with Crippen molar-refractivity contribution in [3.05, 3.63) is 52.3 Å². The molecule has 1 aliphatic heterocycles. The van der Waals surface area contributed by atoms with Gasteiger partial charge in [0.2, 0.25) is 0 Å². The molecule has 1 aromatic carbocycles. The van der Waals surface area contributed by atoms with Gasteiger partial charge in [0, 0.05) is 26.1 Å². The van der Waals surface area contributed by atoms with Gasteiger partial charge in [0.15, 0.2) is 11.8 Å². The van der Waals surface area contributed by atoms with Crippen LogP contribution >= 0.6 is 0 Å². The first-order valence-corrected chi connectivity index (χ1v) is 8.91. The molecule has 0 bridgehead atoms. The van der Waals surface area contributed by atoms with E-state index < -0.39 is 47.7 Å². The number of aryl methyl sites for hydroxylation is 1. The third kappa shape index (κ3) is 5.12. The van der Waals surface area contributed by atoms with Gasteiger partial charge in [-0.3, -0.25) is 14.5 Å². The van der Waals surface area contributed by atoms with Gasteiger partial charge >= 0.3 is 18.3 Å². The maximum absolute atomic E-state index is 13.0. The Morgan fingerprint density at radius 2 is 1.68 bits per heavy atom. The van der Waals surface area contributed by atoms with Crippen LogP contribution < -0.4 is 0 Å². The first kappa shape index (κ1) is 22.5. The van der Waals surface area contributed by atoms with E-state index in [1.165, 1.54) is 23.9 Å². The van der Waals surface area contributed by atoms with Crippen molar-refractivity contribution in [1.29, 1.82) is 0 Å². The summed E-state index contributed by atoms with van der Waals surface area (Å²) in [4.78, 5) is 28.1. The summed E-state index contributed by atoms with van der Waals surface area (Å²) in [6, 6.07) is 1.05. The van der Waals surface area contributed by atoms with Gasteiger partial charge in [-0.15, -0.1) is 0 Å². The minimum atomic E-state index is -5.01. The highest BCUT2D eigenvalue weighted by atomic mass is 19.4. The number of halogens is 6. The Kier molecular flexibility index (Phi) is 5.92. The number of carbonyl (C=O) groups is 2. The Bertz CT molecular complexity index is 1010. The highest BCUT2D eigenvalue weighted by molar-refractivity contribution is 5.92. The van der Waals surface area contributed by atoms with E-state index >= 15 is 0 Å². The molecule has 31 heavy (non-hydrogen) atoms. The monoisotopic (exact) mass is 447 g/mol. The lowest BCUT2D eigenvalue weighted by molar-refractivity contribution is -0.146. The molecule has 0 saturated carbocycles. The van der Waals surface area contributed by atoms with Crippen molar-refractivity contribution >= 4 is 18.0 Å². The Morgan fingerprint density at radius 1 is 1.06 bits per heavy atom. The molecule has 166 valence electrons. The van der Waals surface area contributed by atoms with Gasteiger partial charge in [0.25, 0.3) is 0 Å². The van der Waals surface area contributed by atoms with Crippen molar-refractivity contribution in [2.75, 3.05) is 0 Å². The molecule has 0 N–H and O–H groups in total. The molecule has 0 amide bonds. The van der Waals surface area contributed by atoms with Crippen LogP contribution in [0, 0.1) is 0 Å². The molecule has 2 aromatic rings. The Balaban J connectivity index is 1.85. The normalized spacial score (nSPS) is 16.5. The number of hydrogen-bond acceptors (Lipinski definition) is 5. The smallest absolute Gasteiger partial charge is 0.416 e. The Labute approximate surface area is 171 Å². The van der Waals surface area contributed by atoms with Crippen molar-refractivity contribution < 1.29 is 40.7 Å². The van der Waals surface area contributed by atoms with E-state index in [-0.39, 0.29) is 23.2 Å². The summed E-state index contributed by atoms with van der Waals surface area (Å²) in [7, 11) is 0. The van der Waals surface area contributed by atoms with Crippen LogP contribution in [-0.2, 0) is 35.0 Å². The number of ether oxygens (including phenoxy) is 1. The number of carbonyl (C=O) groups excluding carboxylic acids is 2. The van der Waals surface area contributed by atoms with Gasteiger partial charge in [0.05, 0.1) is 16.8 Å². The predicted molar refractivity (Wildman–Crippen MR) is 94.3 cm³/mol. The molecule has 1 aliphatic rings. The molecule has 0 saturated heterocycles. The highest BCUT2D eigenvalue weighted by Crippen LogP contribution is 2.36. The average Bonchev–Trinajstić information content (AvgIpc) is 2.99. The van der Waals surface area contributed by atoms with Gasteiger partial charge in [-0.25, -0.2) is 4.79 Å². The largest absolute Gasteiger partial charge is 0.459 e. The number of nitrogens with zero attached hydrogens (tertiary/aromatic N) is 3. The van der Waals surface area contributed by atoms with Crippen molar-refractivity contribution in [2.45, 2.75) is 44.9 Å². The Hall–Kier alpha value is -3.18. The molecule has 0 aliphatic carbocycles. The molecule has 0 radical (unpaired) electrons. The van der Waals surface area contributed by atoms with Gasteiger partial charge in [-0.05, 0) is 29.8 Å². The zero-order chi connectivity index (χ0) is 23.0. The second-order valence-corrected chi connectivity index (χ2v) is 6.78. The standard InChI is InChI=1S/C19H15F6N3O3/c1-10(29)14-8-15-16(26-3-2-4-28(15)27-14)17(30)31-9-11-5-12(18(20,21)22)7-13(6-11)19(23,24)25/h3,5-8,16H,2,4,9H2,1H3. The topological polar surface area (TPSA) is 73.5 Å². The van der Waals surface area contributed by atoms with Crippen molar-refractivity contribution in [3.8, 4) is 0 Å². The fourth-order valence-electron chi connectivity index (χ4n) is 2.96. The molecular formula is C19H15F6N3O3. The number of fused-ring (bicyclic) bond motifs is 1. The van der Waals surface area contributed by atoms with Crippen LogP contribution in [0.15, 0.2) is 29.3 Å². The molecule has 6 nitrogen and oxygen atoms in total. The van der Waals surface area contributed by atoms with E-state index in [0.717, 1.165) is 0 Å². The fraction of sp³-hybridized carbons (Fsp3) is 0.368. The lowest BCUT2D eigenvalue weighted by Gasteiger charge is -2.15. The second kappa shape index (κ2) is 8.16. The number of hydrogen-bond donors (Lipinski definition) is 0. The lowest BCUT2D eigenvalue weighted by atomic mass is 10.1. The third-order valence-corrected chi connectivity index (χ3v) is 4.43. The number of alkyl halides is 6. The first-order chi connectivity index (χ1) is 14.4. The number of rotatable bonds is 4. The minimum Gasteiger partial charge on any atom is -0.459 e. The molecule has 1 unspecified atom stereocenters. The van der Waals surface area contributed by atoms with Gasteiger partial charge in [-0.1, -0.05) is 0 Å². The molecule has 0 spiro atoms. The fourth-order valence-corrected chi connectivity index (χ4v) is 2.96. The summed E-state index contributed by atoms with van der Waals surface area (Å²) >= 11 is 0. The number of benzene rings is 1. The van der Waals surface area contributed by atoms with E-state index in [1.54, 1.807) is 0 Å². The van der Waals surface area contributed by atoms with Crippen LogP contribution in [0.4, 0.5) is 26.3 Å². The van der Waals surface area contributed by atoms with Crippen LogP contribution in [0.2, 0.25) is 0 Å². The molecule has 2 heterocycles. The summed E-state index contributed by atoms with van der Waals surface area (Å²) in [6.45, 7) is 0.786. The zero-order valence-electron chi connectivity index (χ0n) is 15.9. The quantitative estimate of drug-likeness (QED) is 0.396. The second-order valence-electron chi connectivity index (χ2n) is 6.78. The number of ketones is 1. The molecule has 0 fully saturated rings. The number of esters is 1. The molecular weight excluding hydrogens is 432 g/mol. The lowest BCUT2D eigenvalue weighted by Crippen LogP contribution is -2.18. The van der Waals surface area contributed by atoms with E-state index in [4.69, 9.17) is 4.74 Å². The SMILES string of the molecule is CC(=O)c1cc2n(n1)CCC=NC2C(=O)OCc1cc(C(F)(F)F)cc(C(F)(F)F)c1. The number of aliphatic imine (C=N–C) groups is 1. The first-order valence-electron chi connectivity index (χ1n) is 8.91. The van der Waals surface area contributed by atoms with Crippen LogP contribution in [0.1, 0.15) is 52.3 Å². The van der Waals surface area contributed by atoms with E-state index in [0.29, 0.717) is 25.1 Å². The van der Waals surface area contributed by atoms with Crippen LogP contribution in [0.25, 0.3) is 0 Å². The van der Waals surface area contributed by atoms with Crippen LogP contribution in [0.3, 0.4) is 0 Å². The van der Waals surface area contributed by atoms with Crippen molar-refractivity contribution in [1.82, 2.24) is 9.78 Å². The summed E-state index contributed by atoms with van der Waals surface area (Å²) in [5, 5.41) is 4.07. The maximum Gasteiger partial charge on any atom is 0.416 e. The van der Waals surface area contributed by atoms with Crippen molar-refractivity contribution in [3.63, 3.8) is 0 Å². The zero-order valence-corrected chi connectivity index (χ0v) is 15.9. The summed E-state index contributed by atoms with van der Waals surface area (Å²) < 4.78 is 84.2.